The van der Waals surface area contributed by atoms with E-state index in [0.29, 0.717) is 22.4 Å². The lowest BCUT2D eigenvalue weighted by Crippen LogP contribution is -2.39. The van der Waals surface area contributed by atoms with Crippen LogP contribution in [-0.4, -0.2) is 17.8 Å². The first-order valence-electron chi connectivity index (χ1n) is 5.58. The van der Waals surface area contributed by atoms with Gasteiger partial charge in [-0.05, 0) is 30.5 Å². The van der Waals surface area contributed by atoms with E-state index < -0.39 is 0 Å². The van der Waals surface area contributed by atoms with Crippen LogP contribution in [0, 0.1) is 12.8 Å². The fraction of sp³-hybridized carbons (Fsp3) is 0.462. The lowest BCUT2D eigenvalue weighted by molar-refractivity contribution is 0.0931. The first kappa shape index (κ1) is 14.3. The number of benzene rings is 1. The molecule has 4 heteroatoms. The van der Waals surface area contributed by atoms with Gasteiger partial charge in [-0.3, -0.25) is 4.79 Å². The number of carbonyl (C=O) groups is 1. The summed E-state index contributed by atoms with van der Waals surface area (Å²) in [5, 5.41) is 3.50. The number of alkyl halides is 1. The van der Waals surface area contributed by atoms with Gasteiger partial charge in [-0.15, -0.1) is 11.6 Å². The van der Waals surface area contributed by atoms with Gasteiger partial charge in [-0.1, -0.05) is 31.5 Å². The van der Waals surface area contributed by atoms with Crippen LogP contribution < -0.4 is 5.32 Å². The molecule has 1 unspecified atom stereocenters. The van der Waals surface area contributed by atoms with Crippen molar-refractivity contribution < 1.29 is 4.79 Å². The molecule has 1 aromatic rings. The zero-order valence-corrected chi connectivity index (χ0v) is 11.8. The second-order valence-corrected chi connectivity index (χ2v) is 5.16. The molecule has 94 valence electrons. The molecule has 1 amide bonds. The van der Waals surface area contributed by atoms with Crippen LogP contribution in [-0.2, 0) is 0 Å². The van der Waals surface area contributed by atoms with Crippen molar-refractivity contribution in [3.8, 4) is 0 Å². The number of hydrogen-bond acceptors (Lipinski definition) is 1. The number of nitrogens with one attached hydrogen (secondary N) is 1. The molecule has 0 spiro atoms. The molecule has 2 nitrogen and oxygen atoms in total. The third kappa shape index (κ3) is 3.90. The molecule has 1 N–H and O–H groups in total. The van der Waals surface area contributed by atoms with Crippen molar-refractivity contribution in [1.82, 2.24) is 5.32 Å². The molecule has 0 aromatic heterocycles. The van der Waals surface area contributed by atoms with Crippen molar-refractivity contribution in [3.05, 3.63) is 34.3 Å². The Hall–Kier alpha value is -0.730. The van der Waals surface area contributed by atoms with Gasteiger partial charge >= 0.3 is 0 Å². The van der Waals surface area contributed by atoms with Crippen molar-refractivity contribution in [2.45, 2.75) is 26.8 Å². The van der Waals surface area contributed by atoms with Gasteiger partial charge in [0, 0.05) is 22.5 Å². The van der Waals surface area contributed by atoms with Gasteiger partial charge in [-0.25, -0.2) is 0 Å². The van der Waals surface area contributed by atoms with Gasteiger partial charge < -0.3 is 5.32 Å². The number of rotatable bonds is 4. The number of carbonyl (C=O) groups excluding carboxylic acids is 1. The Balaban J connectivity index is 2.79. The minimum atomic E-state index is -0.133. The SMILES string of the molecule is Cc1ccc(C(=O)NC(CCl)C(C)C)cc1Cl. The molecule has 0 aliphatic rings. The molecule has 0 aliphatic carbocycles. The van der Waals surface area contributed by atoms with Crippen LogP contribution in [0.4, 0.5) is 0 Å². The summed E-state index contributed by atoms with van der Waals surface area (Å²) in [6, 6.07) is 5.26. The van der Waals surface area contributed by atoms with Crippen LogP contribution in [0.25, 0.3) is 0 Å². The van der Waals surface area contributed by atoms with Crippen molar-refractivity contribution in [3.63, 3.8) is 0 Å². The Morgan fingerprint density at radius 3 is 2.53 bits per heavy atom. The molecule has 17 heavy (non-hydrogen) atoms. The Kier molecular flexibility index (Phi) is 5.29. The molecule has 1 aromatic carbocycles. The van der Waals surface area contributed by atoms with Gasteiger partial charge in [0.05, 0.1) is 0 Å². The van der Waals surface area contributed by atoms with Gasteiger partial charge in [0.15, 0.2) is 0 Å². The summed E-state index contributed by atoms with van der Waals surface area (Å²) in [4.78, 5) is 12.0. The minimum Gasteiger partial charge on any atom is -0.348 e. The molecule has 0 heterocycles. The van der Waals surface area contributed by atoms with Crippen LogP contribution in [0.15, 0.2) is 18.2 Å². The van der Waals surface area contributed by atoms with Crippen molar-refractivity contribution in [2.24, 2.45) is 5.92 Å². The molecule has 0 radical (unpaired) electrons. The number of hydrogen-bond donors (Lipinski definition) is 1. The largest absolute Gasteiger partial charge is 0.348 e. The van der Waals surface area contributed by atoms with Crippen LogP contribution in [0.5, 0.6) is 0 Å². The van der Waals surface area contributed by atoms with Gasteiger partial charge in [0.1, 0.15) is 0 Å². The fourth-order valence-corrected chi connectivity index (χ4v) is 1.98. The maximum Gasteiger partial charge on any atom is 0.251 e. The number of halogens is 2. The molecule has 0 bridgehead atoms. The summed E-state index contributed by atoms with van der Waals surface area (Å²) in [6.07, 6.45) is 0. The topological polar surface area (TPSA) is 29.1 Å². The minimum absolute atomic E-state index is 0.0238. The molecule has 0 fully saturated rings. The highest BCUT2D eigenvalue weighted by Gasteiger charge is 2.16. The Bertz CT molecular complexity index is 404. The van der Waals surface area contributed by atoms with E-state index in [1.807, 2.05) is 26.8 Å². The van der Waals surface area contributed by atoms with E-state index in [4.69, 9.17) is 23.2 Å². The van der Waals surface area contributed by atoms with Crippen molar-refractivity contribution in [1.29, 1.82) is 0 Å². The quantitative estimate of drug-likeness (QED) is 0.834. The highest BCUT2D eigenvalue weighted by Crippen LogP contribution is 2.17. The molecule has 1 atom stereocenters. The highest BCUT2D eigenvalue weighted by atomic mass is 35.5. The lowest BCUT2D eigenvalue weighted by atomic mass is 10.1. The average molecular weight is 274 g/mol. The van der Waals surface area contributed by atoms with E-state index in [-0.39, 0.29) is 11.9 Å². The van der Waals surface area contributed by atoms with E-state index in [1.165, 1.54) is 0 Å². The van der Waals surface area contributed by atoms with Gasteiger partial charge in [0.25, 0.3) is 5.91 Å². The summed E-state index contributed by atoms with van der Waals surface area (Å²) in [5.74, 6) is 0.576. The van der Waals surface area contributed by atoms with E-state index >= 15 is 0 Å². The Morgan fingerprint density at radius 1 is 1.41 bits per heavy atom. The molecular formula is C13H17Cl2NO. The standard InChI is InChI=1S/C13H17Cl2NO/c1-8(2)12(7-14)16-13(17)10-5-4-9(3)11(15)6-10/h4-6,8,12H,7H2,1-3H3,(H,16,17). The average Bonchev–Trinajstić information content (AvgIpc) is 2.28. The van der Waals surface area contributed by atoms with E-state index in [0.717, 1.165) is 5.56 Å². The Morgan fingerprint density at radius 2 is 2.06 bits per heavy atom. The van der Waals surface area contributed by atoms with Crippen LogP contribution in [0.1, 0.15) is 29.8 Å². The zero-order chi connectivity index (χ0) is 13.0. The molecule has 0 saturated carbocycles. The summed E-state index contributed by atoms with van der Waals surface area (Å²) in [6.45, 7) is 5.95. The van der Waals surface area contributed by atoms with E-state index in [2.05, 4.69) is 5.32 Å². The van der Waals surface area contributed by atoms with Gasteiger partial charge in [-0.2, -0.15) is 0 Å². The fourth-order valence-electron chi connectivity index (χ4n) is 1.37. The maximum atomic E-state index is 12.0. The van der Waals surface area contributed by atoms with E-state index in [9.17, 15) is 4.79 Å². The number of amides is 1. The third-order valence-corrected chi connectivity index (χ3v) is 3.46. The first-order valence-corrected chi connectivity index (χ1v) is 6.50. The summed E-state index contributed by atoms with van der Waals surface area (Å²) < 4.78 is 0. The highest BCUT2D eigenvalue weighted by molar-refractivity contribution is 6.31. The molecule has 0 aliphatic heterocycles. The smallest absolute Gasteiger partial charge is 0.251 e. The summed E-state index contributed by atoms with van der Waals surface area (Å²) >= 11 is 11.8. The van der Waals surface area contributed by atoms with Crippen molar-refractivity contribution in [2.75, 3.05) is 5.88 Å². The molecule has 0 saturated heterocycles. The van der Waals surface area contributed by atoms with E-state index in [1.54, 1.807) is 12.1 Å². The predicted octanol–water partition coefficient (Wildman–Crippen LogP) is 3.64. The molecular weight excluding hydrogens is 257 g/mol. The van der Waals surface area contributed by atoms with Crippen molar-refractivity contribution >= 4 is 29.1 Å². The first-order chi connectivity index (χ1) is 7.95. The summed E-state index contributed by atoms with van der Waals surface area (Å²) in [5.41, 5.74) is 1.53. The lowest BCUT2D eigenvalue weighted by Gasteiger charge is -2.19. The van der Waals surface area contributed by atoms with Crippen LogP contribution >= 0.6 is 23.2 Å². The monoisotopic (exact) mass is 273 g/mol. The Labute approximate surface area is 112 Å². The number of aryl methyl sites for hydroxylation is 1. The normalized spacial score (nSPS) is 12.6. The third-order valence-electron chi connectivity index (χ3n) is 2.72. The van der Waals surface area contributed by atoms with Gasteiger partial charge in [0.2, 0.25) is 0 Å². The summed E-state index contributed by atoms with van der Waals surface area (Å²) in [7, 11) is 0. The molecule has 1 rings (SSSR count). The second-order valence-electron chi connectivity index (χ2n) is 4.44. The van der Waals surface area contributed by atoms with Crippen LogP contribution in [0.2, 0.25) is 5.02 Å². The van der Waals surface area contributed by atoms with Crippen LogP contribution in [0.3, 0.4) is 0 Å². The zero-order valence-electron chi connectivity index (χ0n) is 10.3. The second kappa shape index (κ2) is 6.27. The predicted molar refractivity (Wildman–Crippen MR) is 73.0 cm³/mol. The maximum absolute atomic E-state index is 12.0.